The molecule has 0 spiro atoms. The lowest BCUT2D eigenvalue weighted by Gasteiger charge is -2.23. The van der Waals surface area contributed by atoms with E-state index >= 15 is 0 Å². The van der Waals surface area contributed by atoms with Crippen molar-refractivity contribution in [2.24, 2.45) is 0 Å². The van der Waals surface area contributed by atoms with Crippen molar-refractivity contribution in [2.45, 2.75) is 25.4 Å². The number of amides is 1. The minimum Gasteiger partial charge on any atom is -0.497 e. The second kappa shape index (κ2) is 8.62. The molecule has 1 saturated heterocycles. The van der Waals surface area contributed by atoms with E-state index in [1.807, 2.05) is 42.3 Å². The maximum Gasteiger partial charge on any atom is 0.272 e. The van der Waals surface area contributed by atoms with Crippen LogP contribution in [0.1, 0.15) is 28.9 Å². The Kier molecular flexibility index (Phi) is 6.01. The first kappa shape index (κ1) is 18.1. The molecule has 0 bridgehead atoms. The zero-order valence-electron chi connectivity index (χ0n) is 15.1. The van der Waals surface area contributed by atoms with Gasteiger partial charge >= 0.3 is 0 Å². The minimum absolute atomic E-state index is 0.149. The zero-order chi connectivity index (χ0) is 18.4. The summed E-state index contributed by atoms with van der Waals surface area (Å²) < 4.78 is 10.5. The van der Waals surface area contributed by atoms with Gasteiger partial charge in [0.2, 0.25) is 0 Å². The van der Waals surface area contributed by atoms with Crippen molar-refractivity contribution in [1.82, 2.24) is 15.5 Å². The number of ether oxygens (including phenoxy) is 2. The van der Waals surface area contributed by atoms with Crippen LogP contribution in [0.25, 0.3) is 0 Å². The van der Waals surface area contributed by atoms with Crippen LogP contribution in [-0.2, 0) is 11.3 Å². The molecule has 1 fully saturated rings. The lowest BCUT2D eigenvalue weighted by molar-refractivity contribution is 0.0693. The Balaban J connectivity index is 1.57. The van der Waals surface area contributed by atoms with Gasteiger partial charge in [-0.05, 0) is 42.7 Å². The van der Waals surface area contributed by atoms with Gasteiger partial charge in [-0.25, -0.2) is 0 Å². The summed E-state index contributed by atoms with van der Waals surface area (Å²) in [5.41, 5.74) is 1.47. The topological polar surface area (TPSA) is 76.6 Å². The summed E-state index contributed by atoms with van der Waals surface area (Å²) in [4.78, 5) is 14.2. The summed E-state index contributed by atoms with van der Waals surface area (Å²) >= 11 is 0. The van der Waals surface area contributed by atoms with E-state index < -0.39 is 0 Å². The Hall–Kier alpha value is -2.67. The van der Waals surface area contributed by atoms with Gasteiger partial charge in [0.05, 0.1) is 7.11 Å². The number of rotatable bonds is 6. The van der Waals surface area contributed by atoms with E-state index in [0.717, 1.165) is 24.2 Å². The number of methoxy groups -OCH3 is 1. The van der Waals surface area contributed by atoms with Crippen LogP contribution in [0.5, 0.6) is 5.75 Å². The van der Waals surface area contributed by atoms with Gasteiger partial charge in [-0.3, -0.25) is 4.79 Å². The molecular formula is C19H24N4O3. The van der Waals surface area contributed by atoms with Crippen molar-refractivity contribution >= 4 is 11.7 Å². The second-order valence-electron chi connectivity index (χ2n) is 6.34. The Bertz CT molecular complexity index is 713. The third-order valence-corrected chi connectivity index (χ3v) is 4.41. The number of hydrogen-bond acceptors (Lipinski definition) is 6. The van der Waals surface area contributed by atoms with Crippen LogP contribution in [-0.4, -0.2) is 49.5 Å². The summed E-state index contributed by atoms with van der Waals surface area (Å²) in [6, 6.07) is 11.6. The van der Waals surface area contributed by atoms with Crippen molar-refractivity contribution in [3.8, 4) is 5.75 Å². The van der Waals surface area contributed by atoms with Gasteiger partial charge in [-0.2, -0.15) is 0 Å². The highest BCUT2D eigenvalue weighted by Crippen LogP contribution is 2.16. The van der Waals surface area contributed by atoms with E-state index in [1.165, 1.54) is 0 Å². The molecule has 3 rings (SSSR count). The van der Waals surface area contributed by atoms with Crippen molar-refractivity contribution < 1.29 is 14.3 Å². The molecule has 1 N–H and O–H groups in total. The molecule has 0 aliphatic carbocycles. The van der Waals surface area contributed by atoms with Crippen LogP contribution in [0.2, 0.25) is 0 Å². The summed E-state index contributed by atoms with van der Waals surface area (Å²) in [5.74, 6) is 1.35. The van der Waals surface area contributed by atoms with Crippen LogP contribution in [0.15, 0.2) is 36.4 Å². The first-order valence-electron chi connectivity index (χ1n) is 8.72. The van der Waals surface area contributed by atoms with E-state index in [2.05, 4.69) is 15.5 Å². The van der Waals surface area contributed by atoms with E-state index in [4.69, 9.17) is 9.47 Å². The average Bonchev–Trinajstić information content (AvgIpc) is 2.69. The van der Waals surface area contributed by atoms with Crippen molar-refractivity contribution in [2.75, 3.05) is 32.3 Å². The largest absolute Gasteiger partial charge is 0.497 e. The highest BCUT2D eigenvalue weighted by Gasteiger charge is 2.18. The lowest BCUT2D eigenvalue weighted by atomic mass is 10.1. The van der Waals surface area contributed by atoms with Crippen LogP contribution in [0, 0.1) is 0 Å². The fraction of sp³-hybridized carbons (Fsp3) is 0.421. The molecule has 1 aliphatic heterocycles. The number of nitrogens with zero attached hydrogens (tertiary/aromatic N) is 3. The molecule has 7 nitrogen and oxygen atoms in total. The monoisotopic (exact) mass is 356 g/mol. The summed E-state index contributed by atoms with van der Waals surface area (Å²) in [6.07, 6.45) is 1.67. The number of carbonyl (C=O) groups excluding carboxylic acids is 1. The quantitative estimate of drug-likeness (QED) is 0.853. The highest BCUT2D eigenvalue weighted by atomic mass is 16.5. The molecule has 1 aromatic heterocycles. The number of nitrogens with one attached hydrogen (secondary N) is 1. The first-order chi connectivity index (χ1) is 12.7. The third-order valence-electron chi connectivity index (χ3n) is 4.41. The Morgan fingerprint density at radius 1 is 1.19 bits per heavy atom. The van der Waals surface area contributed by atoms with Crippen LogP contribution in [0.3, 0.4) is 0 Å². The standard InChI is InChI=1S/C19H24N4O3/c1-23(13-14-3-5-16(25-2)6-4-14)18-8-7-17(21-22-18)19(24)20-15-9-11-26-12-10-15/h3-8,15H,9-13H2,1-2H3,(H,20,24). The molecule has 0 atom stereocenters. The highest BCUT2D eigenvalue weighted by molar-refractivity contribution is 5.92. The van der Waals surface area contributed by atoms with Gasteiger partial charge in [0.1, 0.15) is 5.75 Å². The zero-order valence-corrected chi connectivity index (χ0v) is 15.1. The predicted octanol–water partition coefficient (Wildman–Crippen LogP) is 2.03. The predicted molar refractivity (Wildman–Crippen MR) is 98.4 cm³/mol. The molecule has 0 saturated carbocycles. The number of carbonyl (C=O) groups is 1. The number of hydrogen-bond donors (Lipinski definition) is 1. The van der Waals surface area contributed by atoms with Crippen molar-refractivity contribution in [3.05, 3.63) is 47.7 Å². The maximum absolute atomic E-state index is 12.3. The molecule has 2 aromatic rings. The molecule has 138 valence electrons. The Labute approximate surface area is 153 Å². The smallest absolute Gasteiger partial charge is 0.272 e. The molecule has 1 aliphatic rings. The Morgan fingerprint density at radius 3 is 2.54 bits per heavy atom. The average molecular weight is 356 g/mol. The number of aromatic nitrogens is 2. The van der Waals surface area contributed by atoms with E-state index in [-0.39, 0.29) is 11.9 Å². The first-order valence-corrected chi connectivity index (χ1v) is 8.72. The fourth-order valence-electron chi connectivity index (χ4n) is 2.84. The molecule has 26 heavy (non-hydrogen) atoms. The van der Waals surface area contributed by atoms with Gasteiger partial charge in [0.15, 0.2) is 11.5 Å². The number of anilines is 1. The van der Waals surface area contributed by atoms with E-state index in [9.17, 15) is 4.79 Å². The molecule has 2 heterocycles. The van der Waals surface area contributed by atoms with Crippen LogP contribution < -0.4 is 15.0 Å². The lowest BCUT2D eigenvalue weighted by Crippen LogP contribution is -2.39. The third kappa shape index (κ3) is 4.70. The van der Waals surface area contributed by atoms with Crippen molar-refractivity contribution in [1.29, 1.82) is 0 Å². The van der Waals surface area contributed by atoms with Gasteiger partial charge in [0.25, 0.3) is 5.91 Å². The summed E-state index contributed by atoms with van der Waals surface area (Å²) in [6.45, 7) is 2.06. The number of benzene rings is 1. The van der Waals surface area contributed by atoms with Gasteiger partial charge in [-0.15, -0.1) is 10.2 Å². The fourth-order valence-corrected chi connectivity index (χ4v) is 2.84. The molecule has 1 amide bonds. The van der Waals surface area contributed by atoms with Crippen LogP contribution in [0.4, 0.5) is 5.82 Å². The molecule has 7 heteroatoms. The molecule has 1 aromatic carbocycles. The Morgan fingerprint density at radius 2 is 1.92 bits per heavy atom. The normalized spacial score (nSPS) is 14.7. The molecule has 0 radical (unpaired) electrons. The van der Waals surface area contributed by atoms with Gasteiger partial charge < -0.3 is 19.7 Å². The summed E-state index contributed by atoms with van der Waals surface area (Å²) in [5, 5.41) is 11.3. The minimum atomic E-state index is -0.186. The molecular weight excluding hydrogens is 332 g/mol. The molecule has 0 unspecified atom stereocenters. The van der Waals surface area contributed by atoms with E-state index in [1.54, 1.807) is 13.2 Å². The SMILES string of the molecule is COc1ccc(CN(C)c2ccc(C(=O)NC3CCOCC3)nn2)cc1. The van der Waals surface area contributed by atoms with Crippen LogP contribution >= 0.6 is 0 Å². The maximum atomic E-state index is 12.3. The van der Waals surface area contributed by atoms with Crippen molar-refractivity contribution in [3.63, 3.8) is 0 Å². The van der Waals surface area contributed by atoms with Gasteiger partial charge in [-0.1, -0.05) is 12.1 Å². The second-order valence-corrected chi connectivity index (χ2v) is 6.34. The summed E-state index contributed by atoms with van der Waals surface area (Å²) in [7, 11) is 3.59. The van der Waals surface area contributed by atoms with E-state index in [0.29, 0.717) is 31.3 Å². The van der Waals surface area contributed by atoms with Gasteiger partial charge in [0, 0.05) is 32.8 Å².